The number of thiazole rings is 1. The molecule has 0 spiro atoms. The minimum absolute atomic E-state index is 0.286. The van der Waals surface area contributed by atoms with Gasteiger partial charge in [0.05, 0.1) is 16.8 Å². The number of nitrogens with zero attached hydrogens (tertiary/aromatic N) is 1. The van der Waals surface area contributed by atoms with Gasteiger partial charge < -0.3 is 10.4 Å². The third-order valence-electron chi connectivity index (χ3n) is 3.29. The van der Waals surface area contributed by atoms with Gasteiger partial charge in [-0.15, -0.1) is 11.3 Å². The average Bonchev–Trinajstić information content (AvgIpc) is 2.49. The van der Waals surface area contributed by atoms with Crippen molar-refractivity contribution in [3.05, 3.63) is 16.1 Å². The van der Waals surface area contributed by atoms with Crippen LogP contribution in [0.1, 0.15) is 38.3 Å². The van der Waals surface area contributed by atoms with Crippen LogP contribution in [0.15, 0.2) is 5.51 Å². The molecule has 0 saturated heterocycles. The lowest BCUT2D eigenvalue weighted by Crippen LogP contribution is -2.56. The van der Waals surface area contributed by atoms with Crippen molar-refractivity contribution in [2.24, 2.45) is 0 Å². The molecule has 0 aliphatic heterocycles. The number of aryl methyl sites for hydroxylation is 1. The molecule has 0 bridgehead atoms. The fraction of sp³-hybridized carbons (Fsp3) is 0.750. The van der Waals surface area contributed by atoms with Crippen LogP contribution in [0, 0.1) is 6.92 Å². The van der Waals surface area contributed by atoms with Crippen molar-refractivity contribution in [2.75, 3.05) is 6.54 Å². The number of nitrogens with one attached hydrogen (secondary N) is 1. The fourth-order valence-electron chi connectivity index (χ4n) is 1.27. The Labute approximate surface area is 102 Å². The van der Waals surface area contributed by atoms with Gasteiger partial charge in [0.2, 0.25) is 0 Å². The summed E-state index contributed by atoms with van der Waals surface area (Å²) in [5.74, 6) is 0. The van der Waals surface area contributed by atoms with E-state index in [1.165, 1.54) is 4.88 Å². The largest absolute Gasteiger partial charge is 0.389 e. The molecule has 1 aromatic heterocycles. The Kier molecular flexibility index (Phi) is 4.10. The van der Waals surface area contributed by atoms with Gasteiger partial charge in [-0.3, -0.25) is 0 Å². The molecule has 0 amide bonds. The summed E-state index contributed by atoms with van der Waals surface area (Å²) in [6.07, 6.45) is 0.968. The zero-order valence-electron chi connectivity index (χ0n) is 10.8. The van der Waals surface area contributed by atoms with E-state index >= 15 is 0 Å². The van der Waals surface area contributed by atoms with E-state index in [9.17, 15) is 5.11 Å². The highest BCUT2D eigenvalue weighted by Crippen LogP contribution is 2.20. The van der Waals surface area contributed by atoms with Crippen molar-refractivity contribution in [3.63, 3.8) is 0 Å². The molecule has 0 aliphatic rings. The van der Waals surface area contributed by atoms with Gasteiger partial charge in [-0.05, 0) is 41.0 Å². The average molecular weight is 242 g/mol. The molecule has 0 radical (unpaired) electrons. The summed E-state index contributed by atoms with van der Waals surface area (Å²) in [4.78, 5) is 5.54. The Balaban J connectivity index is 2.45. The molecule has 0 aromatic carbocycles. The van der Waals surface area contributed by atoms with Gasteiger partial charge in [0.25, 0.3) is 0 Å². The van der Waals surface area contributed by atoms with Crippen molar-refractivity contribution in [3.8, 4) is 0 Å². The second-order valence-corrected chi connectivity index (χ2v) is 6.16. The summed E-state index contributed by atoms with van der Waals surface area (Å²) in [6, 6.07) is 0. The van der Waals surface area contributed by atoms with Crippen LogP contribution in [0.25, 0.3) is 0 Å². The van der Waals surface area contributed by atoms with Gasteiger partial charge in [-0.2, -0.15) is 0 Å². The first-order chi connectivity index (χ1) is 7.24. The van der Waals surface area contributed by atoms with Crippen LogP contribution >= 0.6 is 11.3 Å². The quantitative estimate of drug-likeness (QED) is 0.831. The smallest absolute Gasteiger partial charge is 0.0797 e. The number of rotatable bonds is 5. The van der Waals surface area contributed by atoms with Crippen molar-refractivity contribution in [2.45, 2.75) is 52.2 Å². The van der Waals surface area contributed by atoms with Crippen LogP contribution < -0.4 is 5.32 Å². The summed E-state index contributed by atoms with van der Waals surface area (Å²) in [5, 5.41) is 13.4. The first kappa shape index (κ1) is 13.6. The Hall–Kier alpha value is -0.450. The van der Waals surface area contributed by atoms with Crippen molar-refractivity contribution >= 4 is 11.3 Å². The van der Waals surface area contributed by atoms with E-state index in [0.29, 0.717) is 0 Å². The SMILES string of the molecule is Cc1ncsc1CCNC(C)(C)C(C)(C)O. The molecular weight excluding hydrogens is 220 g/mol. The lowest BCUT2D eigenvalue weighted by atomic mass is 9.86. The molecule has 2 N–H and O–H groups in total. The molecule has 4 heteroatoms. The summed E-state index contributed by atoms with van der Waals surface area (Å²) in [5.41, 5.74) is 1.99. The second kappa shape index (κ2) is 4.82. The van der Waals surface area contributed by atoms with Crippen molar-refractivity contribution in [1.82, 2.24) is 10.3 Å². The molecular formula is C12H22N2OS. The molecule has 1 heterocycles. The first-order valence-electron chi connectivity index (χ1n) is 5.60. The van der Waals surface area contributed by atoms with Crippen LogP contribution in [0.2, 0.25) is 0 Å². The molecule has 0 atom stereocenters. The van der Waals surface area contributed by atoms with E-state index < -0.39 is 5.60 Å². The van der Waals surface area contributed by atoms with Crippen LogP contribution in [-0.4, -0.2) is 27.8 Å². The number of hydrogen-bond donors (Lipinski definition) is 2. The van der Waals surface area contributed by atoms with Gasteiger partial charge in [0.1, 0.15) is 0 Å². The van der Waals surface area contributed by atoms with Crippen LogP contribution in [0.3, 0.4) is 0 Å². The van der Waals surface area contributed by atoms with E-state index in [2.05, 4.69) is 10.3 Å². The lowest BCUT2D eigenvalue weighted by molar-refractivity contribution is -0.00407. The molecule has 92 valence electrons. The van der Waals surface area contributed by atoms with Gasteiger partial charge in [0.15, 0.2) is 0 Å². The Morgan fingerprint density at radius 3 is 2.44 bits per heavy atom. The van der Waals surface area contributed by atoms with E-state index in [1.54, 1.807) is 11.3 Å². The van der Waals surface area contributed by atoms with E-state index in [1.807, 2.05) is 40.1 Å². The third kappa shape index (κ3) is 3.27. The zero-order chi connectivity index (χ0) is 12.4. The molecule has 0 saturated carbocycles. The Morgan fingerprint density at radius 1 is 1.38 bits per heavy atom. The van der Waals surface area contributed by atoms with E-state index in [-0.39, 0.29) is 5.54 Å². The summed E-state index contributed by atoms with van der Waals surface area (Å²) < 4.78 is 0. The number of hydrogen-bond acceptors (Lipinski definition) is 4. The Bertz CT molecular complexity index is 339. The molecule has 0 unspecified atom stereocenters. The van der Waals surface area contributed by atoms with Gasteiger partial charge in [0, 0.05) is 17.0 Å². The predicted octanol–water partition coefficient (Wildman–Crippen LogP) is 2.13. The molecule has 1 aromatic rings. The van der Waals surface area contributed by atoms with Crippen molar-refractivity contribution in [1.29, 1.82) is 0 Å². The highest BCUT2D eigenvalue weighted by molar-refractivity contribution is 7.09. The maximum Gasteiger partial charge on any atom is 0.0797 e. The van der Waals surface area contributed by atoms with Gasteiger partial charge in [-0.25, -0.2) is 4.98 Å². The van der Waals surface area contributed by atoms with Gasteiger partial charge >= 0.3 is 0 Å². The second-order valence-electron chi connectivity index (χ2n) is 5.22. The summed E-state index contributed by atoms with van der Waals surface area (Å²) in [7, 11) is 0. The van der Waals surface area contributed by atoms with Crippen molar-refractivity contribution < 1.29 is 5.11 Å². The summed E-state index contributed by atoms with van der Waals surface area (Å²) >= 11 is 1.69. The molecule has 1 rings (SSSR count). The highest BCUT2D eigenvalue weighted by atomic mass is 32.1. The summed E-state index contributed by atoms with van der Waals surface area (Å²) in [6.45, 7) is 10.6. The maximum absolute atomic E-state index is 9.98. The van der Waals surface area contributed by atoms with E-state index in [0.717, 1.165) is 18.7 Å². The standard InChI is InChI=1S/C12H22N2OS/c1-9-10(16-8-13-9)6-7-14-11(2,3)12(4,5)15/h8,14-15H,6-7H2,1-5H3. The topological polar surface area (TPSA) is 45.2 Å². The minimum Gasteiger partial charge on any atom is -0.389 e. The van der Waals surface area contributed by atoms with Crippen LogP contribution in [0.4, 0.5) is 0 Å². The van der Waals surface area contributed by atoms with E-state index in [4.69, 9.17) is 0 Å². The van der Waals surface area contributed by atoms with Crippen LogP contribution in [-0.2, 0) is 6.42 Å². The minimum atomic E-state index is -0.726. The fourth-order valence-corrected chi connectivity index (χ4v) is 2.05. The highest BCUT2D eigenvalue weighted by Gasteiger charge is 2.34. The zero-order valence-corrected chi connectivity index (χ0v) is 11.6. The monoisotopic (exact) mass is 242 g/mol. The maximum atomic E-state index is 9.98. The molecule has 16 heavy (non-hydrogen) atoms. The molecule has 3 nitrogen and oxygen atoms in total. The third-order valence-corrected chi connectivity index (χ3v) is 4.29. The first-order valence-corrected chi connectivity index (χ1v) is 6.48. The lowest BCUT2D eigenvalue weighted by Gasteiger charge is -2.38. The number of aromatic nitrogens is 1. The van der Waals surface area contributed by atoms with Gasteiger partial charge in [-0.1, -0.05) is 0 Å². The van der Waals surface area contributed by atoms with Crippen LogP contribution in [0.5, 0.6) is 0 Å². The number of aliphatic hydroxyl groups is 1. The predicted molar refractivity (Wildman–Crippen MR) is 68.9 cm³/mol. The molecule has 0 aliphatic carbocycles. The normalized spacial score (nSPS) is 13.1. The molecule has 0 fully saturated rings. The Morgan fingerprint density at radius 2 is 2.00 bits per heavy atom.